The first-order valence-electron chi connectivity index (χ1n) is 10.5. The van der Waals surface area contributed by atoms with E-state index in [9.17, 15) is 9.90 Å². The third kappa shape index (κ3) is 3.88. The number of hydrogen-bond donors (Lipinski definition) is 1. The van der Waals surface area contributed by atoms with E-state index in [2.05, 4.69) is 43.3 Å². The fraction of sp³-hybridized carbons (Fsp3) is 0.222. The minimum atomic E-state index is -0.300. The summed E-state index contributed by atoms with van der Waals surface area (Å²) in [6, 6.07) is 26.2. The van der Waals surface area contributed by atoms with E-state index >= 15 is 0 Å². The second-order valence-corrected chi connectivity index (χ2v) is 7.86. The number of carbonyl (C=O) groups excluding carboxylic acids is 1. The summed E-state index contributed by atoms with van der Waals surface area (Å²) in [6.45, 7) is 4.71. The fourth-order valence-corrected chi connectivity index (χ4v) is 4.09. The first-order chi connectivity index (χ1) is 14.6. The number of amides is 1. The van der Waals surface area contributed by atoms with Gasteiger partial charge in [-0.25, -0.2) is 0 Å². The first kappa shape index (κ1) is 20.0. The highest BCUT2D eigenvalue weighted by Gasteiger charge is 2.40. The summed E-state index contributed by atoms with van der Waals surface area (Å²) in [4.78, 5) is 14.9. The molecule has 1 amide bonds. The van der Waals surface area contributed by atoms with E-state index in [0.29, 0.717) is 12.1 Å². The van der Waals surface area contributed by atoms with Crippen molar-refractivity contribution in [3.8, 4) is 0 Å². The number of carbonyl (C=O) groups is 1. The van der Waals surface area contributed by atoms with Crippen molar-refractivity contribution < 1.29 is 9.90 Å². The van der Waals surface area contributed by atoms with Gasteiger partial charge in [-0.15, -0.1) is 0 Å². The lowest BCUT2D eigenvalue weighted by Crippen LogP contribution is -2.32. The van der Waals surface area contributed by atoms with Gasteiger partial charge in [0.05, 0.1) is 6.04 Å². The molecule has 0 unspecified atom stereocenters. The lowest BCUT2D eigenvalue weighted by molar-refractivity contribution is -0.129. The first-order valence-corrected chi connectivity index (χ1v) is 10.5. The molecule has 4 rings (SSSR count). The summed E-state index contributed by atoms with van der Waals surface area (Å²) in [5.74, 6) is -0.442. The lowest BCUT2D eigenvalue weighted by Gasteiger charge is -2.27. The van der Waals surface area contributed by atoms with Crippen molar-refractivity contribution in [2.75, 3.05) is 6.54 Å². The number of rotatable bonds is 6. The molecule has 1 heterocycles. The highest BCUT2D eigenvalue weighted by Crippen LogP contribution is 2.43. The summed E-state index contributed by atoms with van der Waals surface area (Å²) in [5, 5.41) is 10.9. The van der Waals surface area contributed by atoms with Gasteiger partial charge in [-0.05, 0) is 42.0 Å². The van der Waals surface area contributed by atoms with Crippen LogP contribution in [0.3, 0.4) is 0 Å². The molecule has 1 aliphatic rings. The molecule has 1 atom stereocenters. The minimum absolute atomic E-state index is 0.142. The van der Waals surface area contributed by atoms with Gasteiger partial charge in [-0.3, -0.25) is 4.79 Å². The quantitative estimate of drug-likeness (QED) is 0.584. The van der Waals surface area contributed by atoms with Gasteiger partial charge in [-0.2, -0.15) is 0 Å². The van der Waals surface area contributed by atoms with Crippen molar-refractivity contribution in [1.29, 1.82) is 0 Å². The van der Waals surface area contributed by atoms with Crippen LogP contribution >= 0.6 is 0 Å². The van der Waals surface area contributed by atoms with Crippen molar-refractivity contribution >= 4 is 11.5 Å². The van der Waals surface area contributed by atoms with Crippen LogP contribution in [0.5, 0.6) is 0 Å². The van der Waals surface area contributed by atoms with E-state index in [1.165, 1.54) is 11.1 Å². The molecule has 0 aliphatic carbocycles. The van der Waals surface area contributed by atoms with Crippen molar-refractivity contribution in [2.45, 2.75) is 32.7 Å². The molecule has 3 heteroatoms. The number of aliphatic hydroxyl groups excluding tert-OH is 1. The maximum Gasteiger partial charge on any atom is 0.289 e. The summed E-state index contributed by atoms with van der Waals surface area (Å²) in [6.07, 6.45) is 1.71. The largest absolute Gasteiger partial charge is 0.503 e. The molecule has 0 bridgehead atoms. The second-order valence-electron chi connectivity index (χ2n) is 7.86. The standard InChI is InChI=1S/C27H27NO2/c1-3-20-11-15-23(16-12-20)25-24(22-13-9-19(2)10-14-22)26(29)27(30)28(25)18-17-21-7-5-4-6-8-21/h4-16,25,29H,3,17-18H2,1-2H3/t25-/m1/s1. The Hall–Kier alpha value is -3.33. The average Bonchev–Trinajstić information content (AvgIpc) is 3.04. The fourth-order valence-electron chi connectivity index (χ4n) is 4.09. The van der Waals surface area contributed by atoms with E-state index in [-0.39, 0.29) is 17.7 Å². The molecule has 1 aliphatic heterocycles. The second kappa shape index (κ2) is 8.58. The lowest BCUT2D eigenvalue weighted by atomic mass is 9.92. The zero-order valence-electron chi connectivity index (χ0n) is 17.5. The van der Waals surface area contributed by atoms with Crippen LogP contribution in [0.4, 0.5) is 0 Å². The third-order valence-corrected chi connectivity index (χ3v) is 5.85. The van der Waals surface area contributed by atoms with E-state index in [0.717, 1.165) is 29.5 Å². The number of benzene rings is 3. The molecule has 0 fully saturated rings. The average molecular weight is 398 g/mol. The zero-order valence-corrected chi connectivity index (χ0v) is 17.5. The Labute approximate surface area is 178 Å². The molecule has 3 aromatic rings. The van der Waals surface area contributed by atoms with Gasteiger partial charge < -0.3 is 10.0 Å². The smallest absolute Gasteiger partial charge is 0.289 e. The molecular weight excluding hydrogens is 370 g/mol. The maximum atomic E-state index is 13.1. The molecule has 0 saturated carbocycles. The number of nitrogens with zero attached hydrogens (tertiary/aromatic N) is 1. The zero-order chi connectivity index (χ0) is 21.1. The van der Waals surface area contributed by atoms with Crippen LogP contribution in [0.2, 0.25) is 0 Å². The van der Waals surface area contributed by atoms with Crippen LogP contribution in [-0.4, -0.2) is 22.5 Å². The van der Waals surface area contributed by atoms with Crippen LogP contribution in [0, 0.1) is 6.92 Å². The summed E-state index contributed by atoms with van der Waals surface area (Å²) in [5.41, 5.74) is 6.18. The highest BCUT2D eigenvalue weighted by molar-refractivity contribution is 6.05. The molecule has 3 nitrogen and oxygen atoms in total. The Balaban J connectivity index is 1.73. The van der Waals surface area contributed by atoms with E-state index in [4.69, 9.17) is 0 Å². The Morgan fingerprint density at radius 3 is 2.17 bits per heavy atom. The van der Waals surface area contributed by atoms with E-state index < -0.39 is 0 Å². The molecule has 0 saturated heterocycles. The van der Waals surface area contributed by atoms with Gasteiger partial charge in [0.25, 0.3) is 5.91 Å². The van der Waals surface area contributed by atoms with Crippen LogP contribution in [0.15, 0.2) is 84.6 Å². The van der Waals surface area contributed by atoms with Crippen molar-refractivity contribution in [3.63, 3.8) is 0 Å². The predicted octanol–water partition coefficient (Wildman–Crippen LogP) is 5.65. The minimum Gasteiger partial charge on any atom is -0.503 e. The van der Waals surface area contributed by atoms with Gasteiger partial charge >= 0.3 is 0 Å². The molecular formula is C27H27NO2. The number of aryl methyl sites for hydroxylation is 2. The Kier molecular flexibility index (Phi) is 5.71. The SMILES string of the molecule is CCc1ccc([C@@H]2C(c3ccc(C)cc3)=C(O)C(=O)N2CCc2ccccc2)cc1. The van der Waals surface area contributed by atoms with Crippen LogP contribution in [-0.2, 0) is 17.6 Å². The van der Waals surface area contributed by atoms with Crippen molar-refractivity contribution in [2.24, 2.45) is 0 Å². The van der Waals surface area contributed by atoms with Crippen LogP contribution in [0.25, 0.3) is 5.57 Å². The Bertz CT molecular complexity index is 1050. The van der Waals surface area contributed by atoms with Crippen molar-refractivity contribution in [3.05, 3.63) is 112 Å². The summed E-state index contributed by atoms with van der Waals surface area (Å²) in [7, 11) is 0. The molecule has 3 aromatic carbocycles. The maximum absolute atomic E-state index is 13.1. The molecule has 0 aromatic heterocycles. The van der Waals surface area contributed by atoms with Gasteiger partial charge in [0.15, 0.2) is 5.76 Å². The Morgan fingerprint density at radius 2 is 1.53 bits per heavy atom. The predicted molar refractivity (Wildman–Crippen MR) is 121 cm³/mol. The summed E-state index contributed by atoms with van der Waals surface area (Å²) < 4.78 is 0. The Morgan fingerprint density at radius 1 is 0.867 bits per heavy atom. The molecule has 30 heavy (non-hydrogen) atoms. The number of aliphatic hydroxyl groups is 1. The van der Waals surface area contributed by atoms with Gasteiger partial charge in [0, 0.05) is 12.1 Å². The normalized spacial score (nSPS) is 16.4. The van der Waals surface area contributed by atoms with Crippen LogP contribution < -0.4 is 0 Å². The van der Waals surface area contributed by atoms with Gasteiger partial charge in [0.2, 0.25) is 0 Å². The van der Waals surface area contributed by atoms with E-state index in [1.54, 1.807) is 4.90 Å². The topological polar surface area (TPSA) is 40.5 Å². The highest BCUT2D eigenvalue weighted by atomic mass is 16.3. The molecule has 0 spiro atoms. The van der Waals surface area contributed by atoms with Crippen molar-refractivity contribution in [1.82, 2.24) is 4.90 Å². The number of hydrogen-bond acceptors (Lipinski definition) is 2. The third-order valence-electron chi connectivity index (χ3n) is 5.85. The molecule has 0 radical (unpaired) electrons. The van der Waals surface area contributed by atoms with Crippen LogP contribution in [0.1, 0.15) is 40.8 Å². The molecule has 1 N–H and O–H groups in total. The van der Waals surface area contributed by atoms with Gasteiger partial charge in [-0.1, -0.05) is 91.3 Å². The monoisotopic (exact) mass is 397 g/mol. The summed E-state index contributed by atoms with van der Waals surface area (Å²) >= 11 is 0. The molecule has 152 valence electrons. The van der Waals surface area contributed by atoms with Gasteiger partial charge in [0.1, 0.15) is 0 Å². The van der Waals surface area contributed by atoms with E-state index in [1.807, 2.05) is 49.4 Å².